The van der Waals surface area contributed by atoms with Gasteiger partial charge < -0.3 is 20.3 Å². The lowest BCUT2D eigenvalue weighted by Crippen LogP contribution is -2.61. The molecule has 0 unspecified atom stereocenters. The summed E-state index contributed by atoms with van der Waals surface area (Å²) in [5, 5.41) is 8.87. The van der Waals surface area contributed by atoms with E-state index in [1.54, 1.807) is 4.90 Å². The van der Waals surface area contributed by atoms with Crippen molar-refractivity contribution in [3.63, 3.8) is 0 Å². The number of hydrogen-bond acceptors (Lipinski definition) is 7. The molecule has 1 amide bonds. The van der Waals surface area contributed by atoms with Crippen LogP contribution in [0.15, 0.2) is 34.5 Å². The quantitative estimate of drug-likeness (QED) is 0.657. The van der Waals surface area contributed by atoms with Gasteiger partial charge in [0.05, 0.1) is 13.0 Å². The molecule has 4 heterocycles. The van der Waals surface area contributed by atoms with Gasteiger partial charge >= 0.3 is 0 Å². The molecule has 0 spiro atoms. The first kappa shape index (κ1) is 25.4. The van der Waals surface area contributed by atoms with E-state index in [2.05, 4.69) is 20.0 Å². The molecular formula is C25H33ClF2N6O2. The summed E-state index contributed by atoms with van der Waals surface area (Å²) in [6.07, 6.45) is 2.01. The maximum absolute atomic E-state index is 13.6. The smallest absolute Gasteiger partial charge is 0.253 e. The fourth-order valence-corrected chi connectivity index (χ4v) is 5.75. The first-order valence-corrected chi connectivity index (χ1v) is 13.1. The van der Waals surface area contributed by atoms with Gasteiger partial charge in [0.2, 0.25) is 0 Å². The second-order valence-electron chi connectivity index (χ2n) is 10.2. The first-order chi connectivity index (χ1) is 17.3. The molecule has 2 atom stereocenters. The van der Waals surface area contributed by atoms with E-state index in [0.29, 0.717) is 30.4 Å². The lowest BCUT2D eigenvalue weighted by atomic mass is 9.95. The van der Waals surface area contributed by atoms with E-state index in [4.69, 9.17) is 22.1 Å². The van der Waals surface area contributed by atoms with Gasteiger partial charge in [-0.1, -0.05) is 23.7 Å². The van der Waals surface area contributed by atoms with Crippen LogP contribution in [-0.4, -0.2) is 95.7 Å². The van der Waals surface area contributed by atoms with Gasteiger partial charge in [-0.25, -0.2) is 8.78 Å². The van der Waals surface area contributed by atoms with Crippen molar-refractivity contribution in [2.75, 3.05) is 39.3 Å². The number of amidine groups is 2. The lowest BCUT2D eigenvalue weighted by molar-refractivity contribution is -0.160. The lowest BCUT2D eigenvalue weighted by Gasteiger charge is -2.47. The third-order valence-electron chi connectivity index (χ3n) is 7.73. The molecule has 0 aromatic heterocycles. The molecule has 1 aromatic rings. The molecule has 0 bridgehead atoms. The molecule has 3 fully saturated rings. The number of likely N-dealkylation sites (tertiary alicyclic amines) is 2. The van der Waals surface area contributed by atoms with Crippen LogP contribution >= 0.6 is 11.6 Å². The standard InChI is InChI=1S/C25H33ClF2N6O2/c26-18-3-1-17(2-4-18)13-20-16-36-21(24(35)33-11-7-25(27,28)8-12-33)15-34(20)19-5-9-32(10-6-19)23-14-22(29)30-31-23/h1-4,19-21H,5-16H2,(H2,29,30)/t20-,21+/m0/s1. The Kier molecular flexibility index (Phi) is 7.46. The van der Waals surface area contributed by atoms with Crippen LogP contribution in [0.2, 0.25) is 5.02 Å². The number of carbonyl (C=O) groups excluding carboxylic acids is 1. The molecule has 0 radical (unpaired) electrons. The number of benzene rings is 1. The van der Waals surface area contributed by atoms with Gasteiger partial charge in [0.25, 0.3) is 11.8 Å². The summed E-state index contributed by atoms with van der Waals surface area (Å²) in [6, 6.07) is 8.22. The Bertz CT molecular complexity index is 1000. The molecule has 196 valence electrons. The Labute approximate surface area is 215 Å². The maximum atomic E-state index is 13.6. The minimum absolute atomic E-state index is 0.0750. The molecular weight excluding hydrogens is 490 g/mol. The van der Waals surface area contributed by atoms with Gasteiger partial charge in [-0.2, -0.15) is 0 Å². The minimum Gasteiger partial charge on any atom is -0.385 e. The summed E-state index contributed by atoms with van der Waals surface area (Å²) in [5.74, 6) is -1.40. The van der Waals surface area contributed by atoms with Gasteiger partial charge in [0.1, 0.15) is 17.8 Å². The van der Waals surface area contributed by atoms with Crippen LogP contribution in [0.1, 0.15) is 37.7 Å². The number of hydrogen-bond donors (Lipinski definition) is 1. The van der Waals surface area contributed by atoms with Crippen LogP contribution in [0.5, 0.6) is 0 Å². The van der Waals surface area contributed by atoms with Crippen molar-refractivity contribution < 1.29 is 18.3 Å². The van der Waals surface area contributed by atoms with E-state index < -0.39 is 12.0 Å². The van der Waals surface area contributed by atoms with Crippen molar-refractivity contribution in [1.29, 1.82) is 0 Å². The van der Waals surface area contributed by atoms with E-state index in [1.807, 2.05) is 24.3 Å². The number of halogens is 3. The normalized spacial score (nSPS) is 27.6. The van der Waals surface area contributed by atoms with Crippen LogP contribution < -0.4 is 5.73 Å². The zero-order valence-corrected chi connectivity index (χ0v) is 21.0. The number of amides is 1. The van der Waals surface area contributed by atoms with Crippen molar-refractivity contribution in [3.05, 3.63) is 34.9 Å². The molecule has 4 aliphatic heterocycles. The highest BCUT2D eigenvalue weighted by Crippen LogP contribution is 2.30. The van der Waals surface area contributed by atoms with Crippen molar-refractivity contribution in [2.24, 2.45) is 15.9 Å². The van der Waals surface area contributed by atoms with Gasteiger partial charge in [-0.3, -0.25) is 9.69 Å². The maximum Gasteiger partial charge on any atom is 0.253 e. The van der Waals surface area contributed by atoms with E-state index in [0.717, 1.165) is 43.8 Å². The average molecular weight is 523 g/mol. The van der Waals surface area contributed by atoms with Crippen LogP contribution in [0.25, 0.3) is 0 Å². The van der Waals surface area contributed by atoms with Crippen molar-refractivity contribution >= 4 is 29.2 Å². The Morgan fingerprint density at radius 3 is 2.44 bits per heavy atom. The SMILES string of the molecule is NC1=NN=C(N2CCC(N3C[C@H](C(=O)N4CCC(F)(F)CC4)OC[C@@H]3Cc3ccc(Cl)cc3)CC2)C1. The zero-order valence-electron chi connectivity index (χ0n) is 20.3. The highest BCUT2D eigenvalue weighted by Gasteiger charge is 2.42. The summed E-state index contributed by atoms with van der Waals surface area (Å²) < 4.78 is 33.3. The number of alkyl halides is 2. The molecule has 4 aliphatic rings. The Morgan fingerprint density at radius 2 is 1.81 bits per heavy atom. The predicted octanol–water partition coefficient (Wildman–Crippen LogP) is 2.75. The first-order valence-electron chi connectivity index (χ1n) is 12.7. The van der Waals surface area contributed by atoms with Crippen LogP contribution in [0.4, 0.5) is 8.78 Å². The second-order valence-corrected chi connectivity index (χ2v) is 10.6. The van der Waals surface area contributed by atoms with E-state index in [9.17, 15) is 13.6 Å². The van der Waals surface area contributed by atoms with Crippen molar-refractivity contribution in [3.8, 4) is 0 Å². The number of rotatable bonds is 4. The van der Waals surface area contributed by atoms with Gasteiger partial charge in [0.15, 0.2) is 0 Å². The highest BCUT2D eigenvalue weighted by molar-refractivity contribution is 6.30. The summed E-state index contributed by atoms with van der Waals surface area (Å²) in [6.45, 7) is 2.72. The van der Waals surface area contributed by atoms with Crippen molar-refractivity contribution in [1.82, 2.24) is 14.7 Å². The van der Waals surface area contributed by atoms with E-state index in [-0.39, 0.29) is 43.9 Å². The highest BCUT2D eigenvalue weighted by atomic mass is 35.5. The molecule has 3 saturated heterocycles. The zero-order chi connectivity index (χ0) is 25.3. The monoisotopic (exact) mass is 522 g/mol. The number of piperidine rings is 2. The molecule has 36 heavy (non-hydrogen) atoms. The molecule has 8 nitrogen and oxygen atoms in total. The predicted molar refractivity (Wildman–Crippen MR) is 134 cm³/mol. The second kappa shape index (κ2) is 10.6. The summed E-state index contributed by atoms with van der Waals surface area (Å²) in [7, 11) is 0. The molecule has 0 aliphatic carbocycles. The Balaban J connectivity index is 1.26. The Morgan fingerprint density at radius 1 is 1.11 bits per heavy atom. The van der Waals surface area contributed by atoms with Gasteiger partial charge in [-0.15, -0.1) is 10.2 Å². The van der Waals surface area contributed by atoms with Crippen LogP contribution in [0, 0.1) is 0 Å². The largest absolute Gasteiger partial charge is 0.385 e. The number of carbonyl (C=O) groups is 1. The van der Waals surface area contributed by atoms with Crippen LogP contribution in [-0.2, 0) is 16.0 Å². The summed E-state index contributed by atoms with van der Waals surface area (Å²) in [5.41, 5.74) is 6.96. The topological polar surface area (TPSA) is 86.8 Å². The summed E-state index contributed by atoms with van der Waals surface area (Å²) >= 11 is 6.07. The molecule has 0 saturated carbocycles. The van der Waals surface area contributed by atoms with E-state index >= 15 is 0 Å². The minimum atomic E-state index is -2.69. The third-order valence-corrected chi connectivity index (χ3v) is 7.99. The molecule has 2 N–H and O–H groups in total. The number of nitrogens with zero attached hydrogens (tertiary/aromatic N) is 5. The van der Waals surface area contributed by atoms with Gasteiger partial charge in [-0.05, 0) is 37.0 Å². The fourth-order valence-electron chi connectivity index (χ4n) is 5.62. The molecule has 1 aromatic carbocycles. The van der Waals surface area contributed by atoms with Crippen molar-refractivity contribution in [2.45, 2.75) is 62.6 Å². The summed E-state index contributed by atoms with van der Waals surface area (Å²) in [4.78, 5) is 19.4. The van der Waals surface area contributed by atoms with Gasteiger partial charge in [0, 0.05) is 62.7 Å². The average Bonchev–Trinajstić information content (AvgIpc) is 3.31. The number of nitrogens with two attached hydrogens (primary N) is 1. The fraction of sp³-hybridized carbons (Fsp3) is 0.640. The van der Waals surface area contributed by atoms with E-state index in [1.165, 1.54) is 0 Å². The molecule has 5 rings (SSSR count). The Hall–Kier alpha value is -2.30. The van der Waals surface area contributed by atoms with Crippen LogP contribution in [0.3, 0.4) is 0 Å². The third kappa shape index (κ3) is 5.81. The number of ether oxygens (including phenoxy) is 1. The number of morpholine rings is 1. The molecule has 11 heteroatoms.